The number of anilines is 1. The van der Waals surface area contributed by atoms with Gasteiger partial charge in [-0.2, -0.15) is 0 Å². The predicted octanol–water partition coefficient (Wildman–Crippen LogP) is 1.02. The SMILES string of the molecule is CC1CCC(C)N(C(=O)c2ccc(NN)nn2)C1. The predicted molar refractivity (Wildman–Crippen MR) is 68.7 cm³/mol. The molecule has 2 unspecified atom stereocenters. The lowest BCUT2D eigenvalue weighted by Gasteiger charge is -2.36. The molecule has 6 nitrogen and oxygen atoms in total. The fraction of sp³-hybridized carbons (Fsp3) is 0.583. The molecule has 0 radical (unpaired) electrons. The molecular formula is C12H19N5O. The van der Waals surface area contributed by atoms with Gasteiger partial charge in [0.25, 0.3) is 5.91 Å². The average molecular weight is 249 g/mol. The third kappa shape index (κ3) is 2.59. The third-order valence-corrected chi connectivity index (χ3v) is 3.41. The molecule has 0 spiro atoms. The van der Waals surface area contributed by atoms with Gasteiger partial charge in [0.2, 0.25) is 0 Å². The molecule has 2 atom stereocenters. The van der Waals surface area contributed by atoms with E-state index in [4.69, 9.17) is 5.84 Å². The molecule has 0 bridgehead atoms. The number of aromatic nitrogens is 2. The molecule has 98 valence electrons. The molecular weight excluding hydrogens is 230 g/mol. The highest BCUT2D eigenvalue weighted by atomic mass is 16.2. The van der Waals surface area contributed by atoms with Crippen molar-refractivity contribution in [2.45, 2.75) is 32.7 Å². The van der Waals surface area contributed by atoms with Gasteiger partial charge in [-0.25, -0.2) is 5.84 Å². The number of nitrogens with zero attached hydrogens (tertiary/aromatic N) is 3. The molecule has 0 aliphatic carbocycles. The maximum absolute atomic E-state index is 12.3. The molecule has 1 fully saturated rings. The highest BCUT2D eigenvalue weighted by molar-refractivity contribution is 5.92. The van der Waals surface area contributed by atoms with Crippen molar-refractivity contribution in [3.63, 3.8) is 0 Å². The largest absolute Gasteiger partial charge is 0.334 e. The average Bonchev–Trinajstić information content (AvgIpc) is 2.41. The molecule has 2 heterocycles. The number of nitrogens with two attached hydrogens (primary N) is 1. The van der Waals surface area contributed by atoms with Crippen LogP contribution in [-0.2, 0) is 0 Å². The summed E-state index contributed by atoms with van der Waals surface area (Å²) in [5, 5.41) is 7.72. The van der Waals surface area contributed by atoms with Crippen molar-refractivity contribution in [1.82, 2.24) is 15.1 Å². The number of amides is 1. The van der Waals surface area contributed by atoms with Crippen LogP contribution in [0.5, 0.6) is 0 Å². The summed E-state index contributed by atoms with van der Waals surface area (Å²) in [5.41, 5.74) is 2.76. The Bertz CT molecular complexity index is 419. The van der Waals surface area contributed by atoms with Gasteiger partial charge in [-0.1, -0.05) is 6.92 Å². The van der Waals surface area contributed by atoms with E-state index >= 15 is 0 Å². The van der Waals surface area contributed by atoms with E-state index in [9.17, 15) is 4.79 Å². The van der Waals surface area contributed by atoms with Crippen LogP contribution in [0.3, 0.4) is 0 Å². The Hall–Kier alpha value is -1.69. The van der Waals surface area contributed by atoms with Crippen LogP contribution in [0.2, 0.25) is 0 Å². The molecule has 2 rings (SSSR count). The summed E-state index contributed by atoms with van der Waals surface area (Å²) in [6.07, 6.45) is 2.22. The van der Waals surface area contributed by atoms with E-state index in [0.29, 0.717) is 17.4 Å². The van der Waals surface area contributed by atoms with E-state index in [1.54, 1.807) is 12.1 Å². The van der Waals surface area contributed by atoms with Gasteiger partial charge in [-0.05, 0) is 37.8 Å². The Morgan fingerprint density at radius 1 is 1.39 bits per heavy atom. The Balaban J connectivity index is 2.13. The highest BCUT2D eigenvalue weighted by Gasteiger charge is 2.28. The topological polar surface area (TPSA) is 84.1 Å². The Morgan fingerprint density at radius 2 is 2.17 bits per heavy atom. The van der Waals surface area contributed by atoms with Gasteiger partial charge < -0.3 is 10.3 Å². The molecule has 1 aliphatic heterocycles. The van der Waals surface area contributed by atoms with Crippen LogP contribution < -0.4 is 11.3 Å². The van der Waals surface area contributed by atoms with Crippen LogP contribution in [0.4, 0.5) is 5.82 Å². The maximum Gasteiger partial charge on any atom is 0.274 e. The molecule has 6 heteroatoms. The first-order chi connectivity index (χ1) is 8.61. The minimum atomic E-state index is -0.0508. The van der Waals surface area contributed by atoms with Gasteiger partial charge in [-0.3, -0.25) is 4.79 Å². The van der Waals surface area contributed by atoms with Crippen molar-refractivity contribution in [3.05, 3.63) is 17.8 Å². The van der Waals surface area contributed by atoms with Crippen LogP contribution in [-0.4, -0.2) is 33.6 Å². The summed E-state index contributed by atoms with van der Waals surface area (Å²) in [6.45, 7) is 5.03. The zero-order chi connectivity index (χ0) is 13.1. The van der Waals surface area contributed by atoms with E-state index in [0.717, 1.165) is 13.0 Å². The summed E-state index contributed by atoms with van der Waals surface area (Å²) in [4.78, 5) is 14.2. The quantitative estimate of drug-likeness (QED) is 0.604. The van der Waals surface area contributed by atoms with E-state index in [1.165, 1.54) is 6.42 Å². The van der Waals surface area contributed by atoms with Crippen LogP contribution >= 0.6 is 0 Å². The van der Waals surface area contributed by atoms with Crippen LogP contribution in [0, 0.1) is 5.92 Å². The smallest absolute Gasteiger partial charge is 0.274 e. The van der Waals surface area contributed by atoms with E-state index in [2.05, 4.69) is 29.5 Å². The van der Waals surface area contributed by atoms with Crippen molar-refractivity contribution in [3.8, 4) is 0 Å². The van der Waals surface area contributed by atoms with Crippen LogP contribution in [0.25, 0.3) is 0 Å². The first-order valence-corrected chi connectivity index (χ1v) is 6.23. The second-order valence-corrected chi connectivity index (χ2v) is 4.94. The van der Waals surface area contributed by atoms with Crippen molar-refractivity contribution in [1.29, 1.82) is 0 Å². The van der Waals surface area contributed by atoms with Crippen molar-refractivity contribution in [2.75, 3.05) is 12.0 Å². The van der Waals surface area contributed by atoms with Gasteiger partial charge in [0.1, 0.15) is 0 Å². The van der Waals surface area contributed by atoms with Gasteiger partial charge in [-0.15, -0.1) is 10.2 Å². The van der Waals surface area contributed by atoms with Crippen LogP contribution in [0.15, 0.2) is 12.1 Å². The Morgan fingerprint density at radius 3 is 2.78 bits per heavy atom. The summed E-state index contributed by atoms with van der Waals surface area (Å²) in [7, 11) is 0. The fourth-order valence-electron chi connectivity index (χ4n) is 2.24. The molecule has 1 aliphatic rings. The zero-order valence-electron chi connectivity index (χ0n) is 10.8. The number of rotatable bonds is 2. The first kappa shape index (κ1) is 12.8. The molecule has 1 aromatic heterocycles. The Kier molecular flexibility index (Phi) is 3.76. The summed E-state index contributed by atoms with van der Waals surface area (Å²) in [6, 6.07) is 3.57. The summed E-state index contributed by atoms with van der Waals surface area (Å²) >= 11 is 0. The Labute approximate surface area is 107 Å². The van der Waals surface area contributed by atoms with Crippen molar-refractivity contribution in [2.24, 2.45) is 11.8 Å². The lowest BCUT2D eigenvalue weighted by atomic mass is 9.95. The number of hydrogen-bond donors (Lipinski definition) is 2. The normalized spacial score (nSPS) is 23.8. The van der Waals surface area contributed by atoms with Gasteiger partial charge in [0.15, 0.2) is 11.5 Å². The number of nitrogen functional groups attached to an aromatic ring is 1. The molecule has 1 amide bonds. The molecule has 1 saturated heterocycles. The van der Waals surface area contributed by atoms with Crippen LogP contribution in [0.1, 0.15) is 37.2 Å². The minimum Gasteiger partial charge on any atom is -0.334 e. The van der Waals surface area contributed by atoms with E-state index in [1.807, 2.05) is 4.90 Å². The fourth-order valence-corrected chi connectivity index (χ4v) is 2.24. The second kappa shape index (κ2) is 5.30. The van der Waals surface area contributed by atoms with E-state index in [-0.39, 0.29) is 11.9 Å². The minimum absolute atomic E-state index is 0.0508. The van der Waals surface area contributed by atoms with Crippen molar-refractivity contribution < 1.29 is 4.79 Å². The molecule has 0 saturated carbocycles. The lowest BCUT2D eigenvalue weighted by Crippen LogP contribution is -2.45. The number of likely N-dealkylation sites (tertiary alicyclic amines) is 1. The number of piperidine rings is 1. The highest BCUT2D eigenvalue weighted by Crippen LogP contribution is 2.22. The maximum atomic E-state index is 12.3. The monoisotopic (exact) mass is 249 g/mol. The number of nitrogens with one attached hydrogen (secondary N) is 1. The standard InChI is InChI=1S/C12H19N5O/c1-8-3-4-9(2)17(7-8)12(18)10-5-6-11(14-13)16-15-10/h5-6,8-9H,3-4,7,13H2,1-2H3,(H,14,16). The molecule has 1 aromatic rings. The first-order valence-electron chi connectivity index (χ1n) is 6.23. The molecule has 18 heavy (non-hydrogen) atoms. The third-order valence-electron chi connectivity index (χ3n) is 3.41. The summed E-state index contributed by atoms with van der Waals surface area (Å²) in [5.74, 6) is 6.16. The van der Waals surface area contributed by atoms with Gasteiger partial charge in [0, 0.05) is 12.6 Å². The second-order valence-electron chi connectivity index (χ2n) is 4.94. The number of carbonyl (C=O) groups excluding carboxylic acids is 1. The number of hydrazine groups is 1. The number of carbonyl (C=O) groups is 1. The zero-order valence-corrected chi connectivity index (χ0v) is 10.8. The molecule has 0 aromatic carbocycles. The molecule has 3 N–H and O–H groups in total. The van der Waals surface area contributed by atoms with E-state index < -0.39 is 0 Å². The number of hydrogen-bond acceptors (Lipinski definition) is 5. The van der Waals surface area contributed by atoms with Gasteiger partial charge >= 0.3 is 0 Å². The lowest BCUT2D eigenvalue weighted by molar-refractivity contribution is 0.0567. The summed E-state index contributed by atoms with van der Waals surface area (Å²) < 4.78 is 0. The van der Waals surface area contributed by atoms with Crippen molar-refractivity contribution >= 4 is 11.7 Å². The van der Waals surface area contributed by atoms with Gasteiger partial charge in [0.05, 0.1) is 0 Å².